The maximum Gasteiger partial charge on any atom is 0.240 e. The number of anilines is 1. The minimum atomic E-state index is -3.59. The Balaban J connectivity index is 2.08. The normalized spacial score (nSPS) is 12.5. The number of carbonyl (C=O) groups excluding carboxylic acids is 1. The topological polar surface area (TPSA) is 66.5 Å². The zero-order valence-electron chi connectivity index (χ0n) is 17.3. The highest BCUT2D eigenvalue weighted by molar-refractivity contribution is 7.92. The number of carbonyl (C=O) groups is 1. The van der Waals surface area contributed by atoms with Crippen LogP contribution in [0.25, 0.3) is 0 Å². The van der Waals surface area contributed by atoms with E-state index in [1.165, 1.54) is 9.87 Å². The first kappa shape index (κ1) is 22.0. The van der Waals surface area contributed by atoms with Crippen LogP contribution in [0, 0.1) is 20.8 Å². The molecule has 1 amide bonds. The van der Waals surface area contributed by atoms with Crippen LogP contribution in [0.3, 0.4) is 0 Å². The molecular weight excluding hydrogens is 372 g/mol. The fraction of sp³-hybridized carbons (Fsp3) is 0.409. The molecule has 2 aromatic carbocycles. The van der Waals surface area contributed by atoms with Gasteiger partial charge in [-0.1, -0.05) is 48.0 Å². The van der Waals surface area contributed by atoms with Gasteiger partial charge < -0.3 is 5.32 Å². The molecule has 0 heterocycles. The lowest BCUT2D eigenvalue weighted by Gasteiger charge is -2.26. The molecule has 0 aromatic heterocycles. The molecule has 0 fully saturated rings. The molecule has 0 saturated carbocycles. The molecule has 2 rings (SSSR count). The fourth-order valence-corrected chi connectivity index (χ4v) is 4.45. The molecule has 1 atom stereocenters. The highest BCUT2D eigenvalue weighted by Crippen LogP contribution is 2.28. The van der Waals surface area contributed by atoms with E-state index in [2.05, 4.69) is 17.4 Å². The number of nitrogens with zero attached hydrogens (tertiary/aromatic N) is 1. The van der Waals surface area contributed by atoms with Crippen LogP contribution in [0.15, 0.2) is 42.5 Å². The lowest BCUT2D eigenvalue weighted by molar-refractivity contribution is -0.120. The van der Waals surface area contributed by atoms with E-state index in [1.54, 1.807) is 0 Å². The third kappa shape index (κ3) is 6.09. The van der Waals surface area contributed by atoms with Gasteiger partial charge in [0.2, 0.25) is 15.9 Å². The van der Waals surface area contributed by atoms with Crippen LogP contribution >= 0.6 is 0 Å². The minimum Gasteiger partial charge on any atom is -0.352 e. The van der Waals surface area contributed by atoms with Gasteiger partial charge in [-0.15, -0.1) is 0 Å². The number of rotatable bonds is 8. The van der Waals surface area contributed by atoms with Crippen molar-refractivity contribution in [2.24, 2.45) is 0 Å². The van der Waals surface area contributed by atoms with Crippen molar-refractivity contribution in [2.75, 3.05) is 17.1 Å². The Kier molecular flexibility index (Phi) is 7.24. The van der Waals surface area contributed by atoms with E-state index in [0.29, 0.717) is 5.69 Å². The Bertz CT molecular complexity index is 901. The molecule has 0 spiro atoms. The fourth-order valence-electron chi connectivity index (χ4n) is 3.48. The molecule has 2 aromatic rings. The second-order valence-electron chi connectivity index (χ2n) is 7.51. The molecular formula is C22H30N2O3S. The lowest BCUT2D eigenvalue weighted by Crippen LogP contribution is -2.43. The van der Waals surface area contributed by atoms with Crippen molar-refractivity contribution in [3.05, 3.63) is 64.7 Å². The number of aryl methyl sites for hydroxylation is 4. The molecule has 6 heteroatoms. The van der Waals surface area contributed by atoms with Crippen LogP contribution in [-0.4, -0.2) is 33.2 Å². The number of benzene rings is 2. The van der Waals surface area contributed by atoms with E-state index < -0.39 is 10.0 Å². The van der Waals surface area contributed by atoms with Crippen LogP contribution in [0.1, 0.15) is 35.6 Å². The Morgan fingerprint density at radius 2 is 1.64 bits per heavy atom. The van der Waals surface area contributed by atoms with Gasteiger partial charge in [0.1, 0.15) is 6.54 Å². The summed E-state index contributed by atoms with van der Waals surface area (Å²) in [5.74, 6) is -0.301. The summed E-state index contributed by atoms with van der Waals surface area (Å²) in [6.45, 7) is 7.42. The van der Waals surface area contributed by atoms with Gasteiger partial charge in [-0.3, -0.25) is 9.10 Å². The van der Waals surface area contributed by atoms with Crippen molar-refractivity contribution in [2.45, 2.75) is 46.6 Å². The first-order valence-corrected chi connectivity index (χ1v) is 11.3. The number of hydrogen-bond acceptors (Lipinski definition) is 3. The molecule has 0 aliphatic carbocycles. The van der Waals surface area contributed by atoms with E-state index >= 15 is 0 Å². The molecule has 0 aliphatic rings. The summed E-state index contributed by atoms with van der Waals surface area (Å²) >= 11 is 0. The first-order chi connectivity index (χ1) is 13.1. The predicted molar refractivity (Wildman–Crippen MR) is 115 cm³/mol. The van der Waals surface area contributed by atoms with E-state index in [-0.39, 0.29) is 18.5 Å². The third-order valence-corrected chi connectivity index (χ3v) is 5.80. The van der Waals surface area contributed by atoms with Crippen LogP contribution < -0.4 is 9.62 Å². The molecule has 1 N–H and O–H groups in total. The number of sulfonamides is 1. The van der Waals surface area contributed by atoms with Crippen LogP contribution in [0.5, 0.6) is 0 Å². The SMILES string of the molecule is Cc1cc(C)c(N(CC(=O)N[C@@H](C)CCc2ccccc2)S(C)(=O)=O)c(C)c1. The van der Waals surface area contributed by atoms with Crippen molar-refractivity contribution >= 4 is 21.6 Å². The number of hydrogen-bond donors (Lipinski definition) is 1. The monoisotopic (exact) mass is 402 g/mol. The van der Waals surface area contributed by atoms with E-state index in [0.717, 1.165) is 35.8 Å². The zero-order valence-corrected chi connectivity index (χ0v) is 18.1. The average Bonchev–Trinajstić information content (AvgIpc) is 2.58. The van der Waals surface area contributed by atoms with Crippen LogP contribution in [-0.2, 0) is 21.2 Å². The van der Waals surface area contributed by atoms with Gasteiger partial charge in [0.15, 0.2) is 0 Å². The molecule has 0 saturated heterocycles. The molecule has 0 radical (unpaired) electrons. The second kappa shape index (κ2) is 9.24. The second-order valence-corrected chi connectivity index (χ2v) is 9.42. The van der Waals surface area contributed by atoms with Crippen LogP contribution in [0.4, 0.5) is 5.69 Å². The predicted octanol–water partition coefficient (Wildman–Crippen LogP) is 3.52. The van der Waals surface area contributed by atoms with Crippen molar-refractivity contribution < 1.29 is 13.2 Å². The quantitative estimate of drug-likeness (QED) is 0.735. The van der Waals surface area contributed by atoms with Crippen molar-refractivity contribution in [1.82, 2.24) is 5.32 Å². The smallest absolute Gasteiger partial charge is 0.240 e. The summed E-state index contributed by atoms with van der Waals surface area (Å²) in [7, 11) is -3.59. The van der Waals surface area contributed by atoms with E-state index in [1.807, 2.05) is 58.0 Å². The largest absolute Gasteiger partial charge is 0.352 e. The summed E-state index contributed by atoms with van der Waals surface area (Å²) in [5, 5.41) is 2.93. The number of nitrogens with one attached hydrogen (secondary N) is 1. The third-order valence-electron chi connectivity index (χ3n) is 4.69. The molecule has 0 aliphatic heterocycles. The van der Waals surface area contributed by atoms with Crippen molar-refractivity contribution in [3.8, 4) is 0 Å². The molecule has 0 bridgehead atoms. The first-order valence-electron chi connectivity index (χ1n) is 9.46. The van der Waals surface area contributed by atoms with Gasteiger partial charge in [0.25, 0.3) is 0 Å². The zero-order chi connectivity index (χ0) is 20.9. The molecule has 0 unspecified atom stereocenters. The average molecular weight is 403 g/mol. The summed E-state index contributed by atoms with van der Waals surface area (Å²) < 4.78 is 26.0. The summed E-state index contributed by atoms with van der Waals surface area (Å²) in [6, 6.07) is 13.9. The van der Waals surface area contributed by atoms with Gasteiger partial charge >= 0.3 is 0 Å². The van der Waals surface area contributed by atoms with Gasteiger partial charge in [-0.05, 0) is 57.2 Å². The van der Waals surface area contributed by atoms with E-state index in [4.69, 9.17) is 0 Å². The maximum absolute atomic E-state index is 12.6. The summed E-state index contributed by atoms with van der Waals surface area (Å²) in [5.41, 5.74) is 4.54. The van der Waals surface area contributed by atoms with Gasteiger partial charge in [0, 0.05) is 6.04 Å². The maximum atomic E-state index is 12.6. The van der Waals surface area contributed by atoms with Crippen molar-refractivity contribution in [3.63, 3.8) is 0 Å². The highest BCUT2D eigenvalue weighted by atomic mass is 32.2. The Morgan fingerprint density at radius 3 is 2.18 bits per heavy atom. The Labute approximate surface area is 168 Å². The standard InChI is InChI=1S/C22H30N2O3S/c1-16-13-17(2)22(18(3)14-16)24(28(5,26)27)15-21(25)23-19(4)11-12-20-9-7-6-8-10-20/h6-10,13-14,19H,11-12,15H2,1-5H3,(H,23,25)/t19-/m0/s1. The molecule has 28 heavy (non-hydrogen) atoms. The Hall–Kier alpha value is -2.34. The highest BCUT2D eigenvalue weighted by Gasteiger charge is 2.24. The van der Waals surface area contributed by atoms with Crippen molar-refractivity contribution in [1.29, 1.82) is 0 Å². The number of amides is 1. The molecule has 5 nitrogen and oxygen atoms in total. The summed E-state index contributed by atoms with van der Waals surface area (Å²) in [4.78, 5) is 12.6. The van der Waals surface area contributed by atoms with Gasteiger partial charge in [-0.25, -0.2) is 8.42 Å². The Morgan fingerprint density at radius 1 is 1.07 bits per heavy atom. The minimum absolute atomic E-state index is 0.0469. The molecule has 152 valence electrons. The van der Waals surface area contributed by atoms with Gasteiger partial charge in [-0.2, -0.15) is 0 Å². The van der Waals surface area contributed by atoms with Crippen LogP contribution in [0.2, 0.25) is 0 Å². The van der Waals surface area contributed by atoms with Gasteiger partial charge in [0.05, 0.1) is 11.9 Å². The lowest BCUT2D eigenvalue weighted by atomic mass is 10.0. The van der Waals surface area contributed by atoms with E-state index in [9.17, 15) is 13.2 Å². The summed E-state index contributed by atoms with van der Waals surface area (Å²) in [6.07, 6.45) is 2.78.